The highest BCUT2D eigenvalue weighted by Gasteiger charge is 2.18. The fraction of sp³-hybridized carbons (Fsp3) is 0.200. The zero-order valence-corrected chi connectivity index (χ0v) is 9.82. The van der Waals surface area contributed by atoms with Crippen LogP contribution >= 0.6 is 0 Å². The lowest BCUT2D eigenvalue weighted by Crippen LogP contribution is -2.09. The average Bonchev–Trinajstić information content (AvgIpc) is 2.63. The molecule has 0 unspecified atom stereocenters. The zero-order chi connectivity index (χ0) is 12.5. The summed E-state index contributed by atoms with van der Waals surface area (Å²) in [6, 6.07) is 6.55. The van der Waals surface area contributed by atoms with Crippen LogP contribution < -0.4 is 4.72 Å². The average molecular weight is 254 g/mol. The maximum Gasteiger partial charge on any atom is 0.341 e. The van der Waals surface area contributed by atoms with E-state index in [0.717, 1.165) is 11.8 Å². The smallest absolute Gasteiger partial charge is 0.318 e. The number of nitrogens with zero attached hydrogens (tertiary/aromatic N) is 1. The standard InChI is InChI=1S/C10H10N2O4S/c1-17(14,15)12-8-4-2-7(3-5-8)9-6-10(13)16-11-9/h2-5,12H,6H2,1H3. The first-order valence-electron chi connectivity index (χ1n) is 4.79. The van der Waals surface area contributed by atoms with Crippen molar-refractivity contribution in [3.8, 4) is 0 Å². The Balaban J connectivity index is 2.16. The Kier molecular flexibility index (Phi) is 2.84. The summed E-state index contributed by atoms with van der Waals surface area (Å²) in [6.45, 7) is 0. The Bertz CT molecular complexity index is 575. The van der Waals surface area contributed by atoms with Gasteiger partial charge in [-0.05, 0) is 12.1 Å². The maximum atomic E-state index is 11.0. The minimum atomic E-state index is -3.28. The molecule has 0 saturated heterocycles. The summed E-state index contributed by atoms with van der Waals surface area (Å²) in [5.41, 5.74) is 1.73. The molecule has 0 aromatic heterocycles. The highest BCUT2D eigenvalue weighted by molar-refractivity contribution is 7.92. The Labute approximate surface area is 98.3 Å². The van der Waals surface area contributed by atoms with Crippen LogP contribution in [-0.4, -0.2) is 26.4 Å². The number of hydrogen-bond donors (Lipinski definition) is 1. The second-order valence-electron chi connectivity index (χ2n) is 3.63. The molecule has 1 aliphatic heterocycles. The fourth-order valence-corrected chi connectivity index (χ4v) is 1.97. The number of rotatable bonds is 3. The van der Waals surface area contributed by atoms with Crippen LogP contribution in [-0.2, 0) is 19.7 Å². The Morgan fingerprint density at radius 2 is 1.94 bits per heavy atom. The van der Waals surface area contributed by atoms with E-state index >= 15 is 0 Å². The van der Waals surface area contributed by atoms with Crippen LogP contribution in [0.5, 0.6) is 0 Å². The molecule has 90 valence electrons. The molecule has 0 aliphatic carbocycles. The van der Waals surface area contributed by atoms with Crippen molar-refractivity contribution in [3.05, 3.63) is 29.8 Å². The first-order valence-corrected chi connectivity index (χ1v) is 6.68. The van der Waals surface area contributed by atoms with E-state index in [1.807, 2.05) is 0 Å². The molecule has 0 fully saturated rings. The van der Waals surface area contributed by atoms with Gasteiger partial charge in [-0.25, -0.2) is 13.2 Å². The van der Waals surface area contributed by atoms with Gasteiger partial charge in [0.25, 0.3) is 0 Å². The summed E-state index contributed by atoms with van der Waals surface area (Å²) in [4.78, 5) is 15.3. The molecule has 1 aliphatic rings. The first kappa shape index (κ1) is 11.6. The number of oxime groups is 1. The minimum absolute atomic E-state index is 0.138. The van der Waals surface area contributed by atoms with Crippen LogP contribution in [0.1, 0.15) is 12.0 Å². The van der Waals surface area contributed by atoms with Gasteiger partial charge < -0.3 is 4.84 Å². The van der Waals surface area contributed by atoms with E-state index in [-0.39, 0.29) is 6.42 Å². The van der Waals surface area contributed by atoms with Crippen LogP contribution in [0.3, 0.4) is 0 Å². The monoisotopic (exact) mass is 254 g/mol. The molecule has 1 heterocycles. The highest BCUT2D eigenvalue weighted by atomic mass is 32.2. The summed E-state index contributed by atoms with van der Waals surface area (Å²) in [6.07, 6.45) is 1.22. The molecule has 1 N–H and O–H groups in total. The largest absolute Gasteiger partial charge is 0.341 e. The van der Waals surface area contributed by atoms with Crippen LogP contribution in [0, 0.1) is 0 Å². The molecule has 17 heavy (non-hydrogen) atoms. The van der Waals surface area contributed by atoms with Crippen molar-refractivity contribution in [3.63, 3.8) is 0 Å². The van der Waals surface area contributed by atoms with Crippen molar-refractivity contribution < 1.29 is 18.0 Å². The van der Waals surface area contributed by atoms with Crippen LogP contribution in [0.4, 0.5) is 5.69 Å². The van der Waals surface area contributed by atoms with Gasteiger partial charge in [0.2, 0.25) is 10.0 Å². The summed E-state index contributed by atoms with van der Waals surface area (Å²) in [7, 11) is -3.28. The molecule has 2 rings (SSSR count). The Morgan fingerprint density at radius 3 is 2.41 bits per heavy atom. The van der Waals surface area contributed by atoms with Crippen LogP contribution in [0.25, 0.3) is 0 Å². The number of benzene rings is 1. The number of carbonyl (C=O) groups excluding carboxylic acids is 1. The molecule has 6 nitrogen and oxygen atoms in total. The van der Waals surface area contributed by atoms with Crippen LogP contribution in [0.15, 0.2) is 29.4 Å². The minimum Gasteiger partial charge on any atom is -0.318 e. The number of nitrogens with one attached hydrogen (secondary N) is 1. The fourth-order valence-electron chi connectivity index (χ4n) is 1.41. The quantitative estimate of drug-likeness (QED) is 0.805. The van der Waals surface area contributed by atoms with Gasteiger partial charge in [0.05, 0.1) is 18.4 Å². The van der Waals surface area contributed by atoms with Crippen molar-refractivity contribution >= 4 is 27.4 Å². The van der Waals surface area contributed by atoms with E-state index in [9.17, 15) is 13.2 Å². The molecule has 0 bridgehead atoms. The molecule has 0 saturated carbocycles. The zero-order valence-electron chi connectivity index (χ0n) is 9.00. The summed E-state index contributed by atoms with van der Waals surface area (Å²) >= 11 is 0. The van der Waals surface area contributed by atoms with E-state index in [0.29, 0.717) is 11.4 Å². The van der Waals surface area contributed by atoms with Gasteiger partial charge in [-0.2, -0.15) is 0 Å². The Morgan fingerprint density at radius 1 is 1.29 bits per heavy atom. The maximum absolute atomic E-state index is 11.0. The van der Waals surface area contributed by atoms with Gasteiger partial charge in [0, 0.05) is 11.3 Å². The van der Waals surface area contributed by atoms with Crippen molar-refractivity contribution in [1.82, 2.24) is 0 Å². The highest BCUT2D eigenvalue weighted by Crippen LogP contribution is 2.15. The predicted octanol–water partition coefficient (Wildman–Crippen LogP) is 0.709. The second-order valence-corrected chi connectivity index (χ2v) is 5.38. The van der Waals surface area contributed by atoms with Gasteiger partial charge in [-0.3, -0.25) is 4.72 Å². The van der Waals surface area contributed by atoms with Crippen molar-refractivity contribution in [2.75, 3.05) is 11.0 Å². The van der Waals surface area contributed by atoms with Gasteiger partial charge in [-0.1, -0.05) is 17.3 Å². The van der Waals surface area contributed by atoms with Gasteiger partial charge in [0.1, 0.15) is 0 Å². The molecule has 1 aromatic carbocycles. The van der Waals surface area contributed by atoms with E-state index in [1.165, 1.54) is 0 Å². The summed E-state index contributed by atoms with van der Waals surface area (Å²) in [5, 5.41) is 3.62. The topological polar surface area (TPSA) is 84.8 Å². The van der Waals surface area contributed by atoms with E-state index in [1.54, 1.807) is 24.3 Å². The number of carbonyl (C=O) groups is 1. The van der Waals surface area contributed by atoms with Crippen molar-refractivity contribution in [2.24, 2.45) is 5.16 Å². The lowest BCUT2D eigenvalue weighted by molar-refractivity contribution is -0.140. The van der Waals surface area contributed by atoms with Crippen molar-refractivity contribution in [1.29, 1.82) is 0 Å². The van der Waals surface area contributed by atoms with Gasteiger partial charge >= 0.3 is 5.97 Å². The van der Waals surface area contributed by atoms with Crippen molar-refractivity contribution in [2.45, 2.75) is 6.42 Å². The first-order chi connectivity index (χ1) is 7.94. The predicted molar refractivity (Wildman–Crippen MR) is 62.2 cm³/mol. The second kappa shape index (κ2) is 4.17. The van der Waals surface area contributed by atoms with E-state index in [4.69, 9.17) is 0 Å². The number of anilines is 1. The molecule has 0 spiro atoms. The van der Waals surface area contributed by atoms with E-state index in [2.05, 4.69) is 14.7 Å². The third-order valence-electron chi connectivity index (χ3n) is 2.09. The lowest BCUT2D eigenvalue weighted by atomic mass is 10.1. The normalized spacial score (nSPS) is 15.4. The molecular weight excluding hydrogens is 244 g/mol. The van der Waals surface area contributed by atoms with E-state index < -0.39 is 16.0 Å². The molecule has 0 amide bonds. The molecule has 7 heteroatoms. The number of hydrogen-bond acceptors (Lipinski definition) is 5. The molecule has 1 aromatic rings. The van der Waals surface area contributed by atoms with Crippen LogP contribution in [0.2, 0.25) is 0 Å². The third kappa shape index (κ3) is 3.04. The van der Waals surface area contributed by atoms with Gasteiger partial charge in [-0.15, -0.1) is 0 Å². The summed E-state index contributed by atoms with van der Waals surface area (Å²) in [5.74, 6) is -0.390. The summed E-state index contributed by atoms with van der Waals surface area (Å²) < 4.78 is 24.3. The SMILES string of the molecule is CS(=O)(=O)Nc1ccc(C2=NOC(=O)C2)cc1. The molecule has 0 atom stereocenters. The molecule has 0 radical (unpaired) electrons. The van der Waals surface area contributed by atoms with Gasteiger partial charge in [0.15, 0.2) is 0 Å². The molecular formula is C10H10N2O4S. The number of sulfonamides is 1. The Hall–Kier alpha value is -1.89. The lowest BCUT2D eigenvalue weighted by Gasteiger charge is -2.04. The third-order valence-corrected chi connectivity index (χ3v) is 2.70.